The average Bonchev–Trinajstić information content (AvgIpc) is 2.91. The van der Waals surface area contributed by atoms with Crippen LogP contribution < -0.4 is 11.1 Å². The number of alkyl halides is 3. The van der Waals surface area contributed by atoms with Crippen LogP contribution in [0.1, 0.15) is 12.8 Å². The van der Waals surface area contributed by atoms with Crippen LogP contribution in [0.4, 0.5) is 24.9 Å². The fraction of sp³-hybridized carbons (Fsp3) is 0.500. The van der Waals surface area contributed by atoms with Gasteiger partial charge >= 0.3 is 6.18 Å². The lowest BCUT2D eigenvalue weighted by Crippen LogP contribution is -2.39. The van der Waals surface area contributed by atoms with E-state index >= 15 is 0 Å². The normalized spacial score (nSPS) is 18.2. The van der Waals surface area contributed by atoms with Gasteiger partial charge in [-0.3, -0.25) is 0 Å². The summed E-state index contributed by atoms with van der Waals surface area (Å²) in [6, 6.07) is 0. The zero-order valence-corrected chi connectivity index (χ0v) is 8.73. The van der Waals surface area contributed by atoms with Gasteiger partial charge in [0.2, 0.25) is 5.95 Å². The van der Waals surface area contributed by atoms with Crippen LogP contribution in [0.3, 0.4) is 0 Å². The van der Waals surface area contributed by atoms with Crippen molar-refractivity contribution in [3.63, 3.8) is 0 Å². The predicted octanol–water partition coefficient (Wildman–Crippen LogP) is 2.22. The van der Waals surface area contributed by atoms with E-state index in [4.69, 9.17) is 17.3 Å². The van der Waals surface area contributed by atoms with Crippen molar-refractivity contribution in [3.05, 3.63) is 11.2 Å². The Labute approximate surface area is 94.0 Å². The number of nitrogens with zero attached hydrogens (tertiary/aromatic N) is 2. The first-order valence-corrected chi connectivity index (χ1v) is 4.85. The molecule has 0 aliphatic heterocycles. The first-order valence-electron chi connectivity index (χ1n) is 4.47. The van der Waals surface area contributed by atoms with Crippen molar-refractivity contribution in [2.45, 2.75) is 24.6 Å². The Bertz CT molecular complexity index is 416. The molecule has 0 amide bonds. The zero-order chi connectivity index (χ0) is 12.0. The van der Waals surface area contributed by atoms with Crippen molar-refractivity contribution < 1.29 is 13.2 Å². The molecule has 0 saturated heterocycles. The Hall–Kier alpha value is -1.24. The second kappa shape index (κ2) is 3.38. The molecule has 88 valence electrons. The van der Waals surface area contributed by atoms with E-state index < -0.39 is 11.7 Å². The van der Waals surface area contributed by atoms with Gasteiger partial charge in [0, 0.05) is 0 Å². The number of nitrogens with one attached hydrogen (secondary N) is 1. The second-order valence-corrected chi connectivity index (χ2v) is 4.04. The molecule has 0 radical (unpaired) electrons. The zero-order valence-electron chi connectivity index (χ0n) is 7.98. The van der Waals surface area contributed by atoms with E-state index in [1.807, 2.05) is 0 Å². The van der Waals surface area contributed by atoms with Gasteiger partial charge in [0.1, 0.15) is 10.6 Å². The van der Waals surface area contributed by atoms with Crippen LogP contribution in [0.2, 0.25) is 5.02 Å². The molecule has 0 unspecified atom stereocenters. The Morgan fingerprint density at radius 3 is 2.56 bits per heavy atom. The molecule has 1 fully saturated rings. The van der Waals surface area contributed by atoms with E-state index in [2.05, 4.69) is 15.3 Å². The summed E-state index contributed by atoms with van der Waals surface area (Å²) < 4.78 is 37.9. The van der Waals surface area contributed by atoms with E-state index in [1.165, 1.54) is 6.20 Å². The van der Waals surface area contributed by atoms with Gasteiger partial charge in [0.05, 0.1) is 6.20 Å². The summed E-state index contributed by atoms with van der Waals surface area (Å²) in [7, 11) is 0. The highest BCUT2D eigenvalue weighted by Crippen LogP contribution is 2.51. The van der Waals surface area contributed by atoms with Gasteiger partial charge in [-0.2, -0.15) is 18.2 Å². The SMILES string of the molecule is Nc1ncc(Cl)c(NC2(C(F)(F)F)CC2)n1. The Morgan fingerprint density at radius 1 is 1.44 bits per heavy atom. The van der Waals surface area contributed by atoms with Crippen LogP contribution in [-0.4, -0.2) is 21.7 Å². The predicted molar refractivity (Wildman–Crippen MR) is 53.1 cm³/mol. The largest absolute Gasteiger partial charge is 0.411 e. The molecular formula is C8H8ClF3N4. The average molecular weight is 253 g/mol. The lowest BCUT2D eigenvalue weighted by Gasteiger charge is -2.21. The van der Waals surface area contributed by atoms with E-state index in [-0.39, 0.29) is 29.6 Å². The van der Waals surface area contributed by atoms with Crippen LogP contribution in [-0.2, 0) is 0 Å². The van der Waals surface area contributed by atoms with E-state index in [0.29, 0.717) is 0 Å². The molecule has 0 aromatic carbocycles. The number of nitrogens with two attached hydrogens (primary N) is 1. The van der Waals surface area contributed by atoms with Gasteiger partial charge in [0.25, 0.3) is 0 Å². The Morgan fingerprint density at radius 2 is 2.06 bits per heavy atom. The van der Waals surface area contributed by atoms with Crippen molar-refractivity contribution in [2.24, 2.45) is 0 Å². The van der Waals surface area contributed by atoms with Gasteiger partial charge < -0.3 is 11.1 Å². The molecule has 1 saturated carbocycles. The summed E-state index contributed by atoms with van der Waals surface area (Å²) in [5, 5.41) is 2.31. The monoisotopic (exact) mass is 252 g/mol. The number of rotatable bonds is 2. The topological polar surface area (TPSA) is 63.8 Å². The molecule has 1 heterocycles. The third-order valence-corrected chi connectivity index (χ3v) is 2.69. The molecular weight excluding hydrogens is 245 g/mol. The number of nitrogen functional groups attached to an aromatic ring is 1. The summed E-state index contributed by atoms with van der Waals surface area (Å²) in [4.78, 5) is 7.20. The molecule has 0 atom stereocenters. The van der Waals surface area contributed by atoms with Crippen molar-refractivity contribution in [2.75, 3.05) is 11.1 Å². The lowest BCUT2D eigenvalue weighted by atomic mass is 10.2. The van der Waals surface area contributed by atoms with Crippen LogP contribution in [0.25, 0.3) is 0 Å². The fourth-order valence-electron chi connectivity index (χ4n) is 1.30. The van der Waals surface area contributed by atoms with Crippen LogP contribution >= 0.6 is 11.6 Å². The van der Waals surface area contributed by atoms with E-state index in [0.717, 1.165) is 0 Å². The van der Waals surface area contributed by atoms with Gasteiger partial charge in [0.15, 0.2) is 5.82 Å². The molecule has 1 aliphatic rings. The van der Waals surface area contributed by atoms with Gasteiger partial charge in [-0.25, -0.2) is 4.98 Å². The number of halogens is 4. The highest BCUT2D eigenvalue weighted by Gasteiger charge is 2.63. The minimum Gasteiger partial charge on any atom is -0.368 e. The van der Waals surface area contributed by atoms with Gasteiger partial charge in [-0.15, -0.1) is 0 Å². The molecule has 1 aromatic rings. The summed E-state index contributed by atoms with van der Waals surface area (Å²) >= 11 is 5.67. The van der Waals surface area contributed by atoms with Gasteiger partial charge in [-0.05, 0) is 12.8 Å². The lowest BCUT2D eigenvalue weighted by molar-refractivity contribution is -0.151. The number of hydrogen-bond donors (Lipinski definition) is 2. The number of hydrogen-bond acceptors (Lipinski definition) is 4. The van der Waals surface area contributed by atoms with Crippen LogP contribution in [0, 0.1) is 0 Å². The molecule has 3 N–H and O–H groups in total. The third-order valence-electron chi connectivity index (χ3n) is 2.41. The minimum atomic E-state index is -4.32. The maximum Gasteiger partial charge on any atom is 0.411 e. The van der Waals surface area contributed by atoms with Crippen molar-refractivity contribution in [1.29, 1.82) is 0 Å². The van der Waals surface area contributed by atoms with Crippen LogP contribution in [0.15, 0.2) is 6.20 Å². The molecule has 2 rings (SSSR count). The quantitative estimate of drug-likeness (QED) is 0.847. The van der Waals surface area contributed by atoms with Gasteiger partial charge in [-0.1, -0.05) is 11.6 Å². The van der Waals surface area contributed by atoms with Crippen molar-refractivity contribution in [1.82, 2.24) is 9.97 Å². The molecule has 0 bridgehead atoms. The Kier molecular flexibility index (Phi) is 2.37. The first kappa shape index (κ1) is 11.3. The first-order chi connectivity index (χ1) is 7.34. The summed E-state index contributed by atoms with van der Waals surface area (Å²) in [6.45, 7) is 0. The minimum absolute atomic E-state index is 0.0107. The van der Waals surface area contributed by atoms with E-state index in [1.54, 1.807) is 0 Å². The maximum absolute atomic E-state index is 12.6. The highest BCUT2D eigenvalue weighted by molar-refractivity contribution is 6.32. The van der Waals surface area contributed by atoms with E-state index in [9.17, 15) is 13.2 Å². The third kappa shape index (κ3) is 1.87. The summed E-state index contributed by atoms with van der Waals surface area (Å²) in [5.41, 5.74) is 3.37. The molecule has 0 spiro atoms. The summed E-state index contributed by atoms with van der Waals surface area (Å²) in [5.74, 6) is -0.200. The van der Waals surface area contributed by atoms with Crippen molar-refractivity contribution >= 4 is 23.4 Å². The standard InChI is InChI=1S/C8H8ClF3N4/c9-4-3-14-6(13)15-5(4)16-7(1-2-7)8(10,11)12/h3H,1-2H2,(H3,13,14,15,16). The molecule has 1 aliphatic carbocycles. The fourth-order valence-corrected chi connectivity index (χ4v) is 1.44. The summed E-state index contributed by atoms with van der Waals surface area (Å²) in [6.07, 6.45) is -3.14. The molecule has 8 heteroatoms. The molecule has 16 heavy (non-hydrogen) atoms. The smallest absolute Gasteiger partial charge is 0.368 e. The number of aromatic nitrogens is 2. The second-order valence-electron chi connectivity index (χ2n) is 3.63. The molecule has 1 aromatic heterocycles. The van der Waals surface area contributed by atoms with Crippen LogP contribution in [0.5, 0.6) is 0 Å². The van der Waals surface area contributed by atoms with Crippen molar-refractivity contribution in [3.8, 4) is 0 Å². The Balaban J connectivity index is 2.25. The highest BCUT2D eigenvalue weighted by atomic mass is 35.5. The number of anilines is 2. The maximum atomic E-state index is 12.6. The molecule has 4 nitrogen and oxygen atoms in total.